The Hall–Kier alpha value is -1.28. The quantitative estimate of drug-likeness (QED) is 0.635. The third kappa shape index (κ3) is 2.70. The summed E-state index contributed by atoms with van der Waals surface area (Å²) in [5.74, 6) is 0. The molecule has 2 rings (SSSR count). The number of nitrogens with zero attached hydrogens (tertiary/aromatic N) is 1. The number of anilines is 1. The Labute approximate surface area is 104 Å². The SMILES string of the molecule is C=CCN(c1ccccc1)C1(N)CCCCC1. The Balaban J connectivity index is 2.24. The minimum Gasteiger partial charge on any atom is -0.350 e. The van der Waals surface area contributed by atoms with E-state index in [9.17, 15) is 0 Å². The molecule has 92 valence electrons. The second-order valence-electron chi connectivity index (χ2n) is 4.90. The predicted octanol–water partition coefficient (Wildman–Crippen LogP) is 3.30. The number of rotatable bonds is 4. The maximum absolute atomic E-state index is 6.60. The van der Waals surface area contributed by atoms with Crippen molar-refractivity contribution in [3.05, 3.63) is 43.0 Å². The van der Waals surface area contributed by atoms with Crippen LogP contribution in [0.4, 0.5) is 5.69 Å². The van der Waals surface area contributed by atoms with Gasteiger partial charge in [0.05, 0.1) is 5.66 Å². The van der Waals surface area contributed by atoms with Crippen LogP contribution >= 0.6 is 0 Å². The molecule has 1 aromatic rings. The van der Waals surface area contributed by atoms with Crippen LogP contribution in [-0.4, -0.2) is 12.2 Å². The molecule has 0 radical (unpaired) electrons. The van der Waals surface area contributed by atoms with E-state index in [1.807, 2.05) is 12.1 Å². The number of para-hydroxylation sites is 1. The van der Waals surface area contributed by atoms with E-state index in [-0.39, 0.29) is 5.66 Å². The molecule has 2 N–H and O–H groups in total. The summed E-state index contributed by atoms with van der Waals surface area (Å²) in [6.45, 7) is 4.67. The van der Waals surface area contributed by atoms with Crippen molar-refractivity contribution in [3.63, 3.8) is 0 Å². The van der Waals surface area contributed by atoms with Crippen molar-refractivity contribution < 1.29 is 0 Å². The van der Waals surface area contributed by atoms with Gasteiger partial charge in [0.2, 0.25) is 0 Å². The first kappa shape index (κ1) is 12.2. The summed E-state index contributed by atoms with van der Waals surface area (Å²) in [7, 11) is 0. The van der Waals surface area contributed by atoms with Gasteiger partial charge in [-0.3, -0.25) is 0 Å². The number of benzene rings is 1. The second kappa shape index (κ2) is 5.37. The molecule has 2 heteroatoms. The lowest BCUT2D eigenvalue weighted by molar-refractivity contribution is 0.287. The topological polar surface area (TPSA) is 29.3 Å². The number of nitrogens with two attached hydrogens (primary N) is 1. The van der Waals surface area contributed by atoms with Crippen LogP contribution in [0.15, 0.2) is 43.0 Å². The summed E-state index contributed by atoms with van der Waals surface area (Å²) in [5, 5.41) is 0. The van der Waals surface area contributed by atoms with Crippen LogP contribution in [0.5, 0.6) is 0 Å². The first-order valence-electron chi connectivity index (χ1n) is 6.49. The smallest absolute Gasteiger partial charge is 0.0886 e. The van der Waals surface area contributed by atoms with Gasteiger partial charge in [0, 0.05) is 12.2 Å². The van der Waals surface area contributed by atoms with E-state index in [0.717, 1.165) is 19.4 Å². The zero-order valence-corrected chi connectivity index (χ0v) is 10.4. The van der Waals surface area contributed by atoms with Gasteiger partial charge in [0.15, 0.2) is 0 Å². The Morgan fingerprint density at radius 3 is 2.41 bits per heavy atom. The lowest BCUT2D eigenvalue weighted by Crippen LogP contribution is -2.57. The van der Waals surface area contributed by atoms with Gasteiger partial charge in [-0.1, -0.05) is 30.7 Å². The molecule has 0 bridgehead atoms. The van der Waals surface area contributed by atoms with Crippen molar-refractivity contribution in [1.82, 2.24) is 0 Å². The maximum Gasteiger partial charge on any atom is 0.0886 e. The van der Waals surface area contributed by atoms with Crippen LogP contribution in [0, 0.1) is 0 Å². The Kier molecular flexibility index (Phi) is 3.85. The minimum absolute atomic E-state index is 0.187. The molecule has 1 aliphatic rings. The predicted molar refractivity (Wildman–Crippen MR) is 74.0 cm³/mol. The van der Waals surface area contributed by atoms with Gasteiger partial charge in [-0.05, 0) is 37.8 Å². The fraction of sp³-hybridized carbons (Fsp3) is 0.467. The standard InChI is InChI=1S/C15H22N2/c1-2-13-17(14-9-5-3-6-10-14)15(16)11-7-4-8-12-15/h2-3,5-6,9-10H,1,4,7-8,11-13,16H2. The molecule has 1 fully saturated rings. The molecular weight excluding hydrogens is 208 g/mol. The first-order valence-corrected chi connectivity index (χ1v) is 6.49. The molecule has 0 aliphatic heterocycles. The Morgan fingerprint density at radius 2 is 1.82 bits per heavy atom. The average Bonchev–Trinajstić information content (AvgIpc) is 2.38. The van der Waals surface area contributed by atoms with E-state index in [2.05, 4.69) is 35.7 Å². The van der Waals surface area contributed by atoms with E-state index in [0.29, 0.717) is 0 Å². The molecule has 0 saturated heterocycles. The van der Waals surface area contributed by atoms with Gasteiger partial charge < -0.3 is 10.6 Å². The van der Waals surface area contributed by atoms with E-state index < -0.39 is 0 Å². The highest BCUT2D eigenvalue weighted by molar-refractivity contribution is 5.49. The molecule has 1 aromatic carbocycles. The largest absolute Gasteiger partial charge is 0.350 e. The molecule has 0 atom stereocenters. The van der Waals surface area contributed by atoms with Crippen molar-refractivity contribution in [2.24, 2.45) is 5.73 Å². The van der Waals surface area contributed by atoms with E-state index in [1.54, 1.807) is 0 Å². The zero-order chi connectivity index (χ0) is 12.1. The van der Waals surface area contributed by atoms with Gasteiger partial charge in [0.25, 0.3) is 0 Å². The third-order valence-electron chi connectivity index (χ3n) is 3.64. The summed E-state index contributed by atoms with van der Waals surface area (Å²) in [4.78, 5) is 2.30. The van der Waals surface area contributed by atoms with Crippen LogP contribution in [0.1, 0.15) is 32.1 Å². The van der Waals surface area contributed by atoms with Gasteiger partial charge in [-0.25, -0.2) is 0 Å². The van der Waals surface area contributed by atoms with E-state index in [1.165, 1.54) is 24.9 Å². The average molecular weight is 230 g/mol. The van der Waals surface area contributed by atoms with Gasteiger partial charge in [0.1, 0.15) is 0 Å². The molecule has 0 heterocycles. The Morgan fingerprint density at radius 1 is 1.18 bits per heavy atom. The van der Waals surface area contributed by atoms with Crippen molar-refractivity contribution in [3.8, 4) is 0 Å². The minimum atomic E-state index is -0.187. The van der Waals surface area contributed by atoms with Crippen molar-refractivity contribution in [2.45, 2.75) is 37.8 Å². The number of hydrogen-bond acceptors (Lipinski definition) is 2. The molecule has 1 saturated carbocycles. The van der Waals surface area contributed by atoms with E-state index >= 15 is 0 Å². The highest BCUT2D eigenvalue weighted by Gasteiger charge is 2.33. The fourth-order valence-electron chi connectivity index (χ4n) is 2.72. The molecule has 0 unspecified atom stereocenters. The highest BCUT2D eigenvalue weighted by atomic mass is 15.3. The highest BCUT2D eigenvalue weighted by Crippen LogP contribution is 2.32. The van der Waals surface area contributed by atoms with Crippen molar-refractivity contribution in [1.29, 1.82) is 0 Å². The fourth-order valence-corrected chi connectivity index (χ4v) is 2.72. The lowest BCUT2D eigenvalue weighted by Gasteiger charge is -2.44. The molecule has 0 aromatic heterocycles. The molecule has 17 heavy (non-hydrogen) atoms. The van der Waals surface area contributed by atoms with Crippen LogP contribution < -0.4 is 10.6 Å². The van der Waals surface area contributed by atoms with Crippen LogP contribution in [0.2, 0.25) is 0 Å². The number of hydrogen-bond donors (Lipinski definition) is 1. The summed E-state index contributed by atoms with van der Waals surface area (Å²) >= 11 is 0. The molecule has 0 spiro atoms. The monoisotopic (exact) mass is 230 g/mol. The zero-order valence-electron chi connectivity index (χ0n) is 10.4. The van der Waals surface area contributed by atoms with E-state index in [4.69, 9.17) is 5.73 Å². The normalized spacial score (nSPS) is 18.6. The summed E-state index contributed by atoms with van der Waals surface area (Å²) in [6, 6.07) is 10.4. The summed E-state index contributed by atoms with van der Waals surface area (Å²) in [6.07, 6.45) is 7.88. The van der Waals surface area contributed by atoms with Crippen LogP contribution in [0.25, 0.3) is 0 Å². The van der Waals surface area contributed by atoms with Gasteiger partial charge >= 0.3 is 0 Å². The van der Waals surface area contributed by atoms with Gasteiger partial charge in [-0.15, -0.1) is 6.58 Å². The van der Waals surface area contributed by atoms with Crippen molar-refractivity contribution >= 4 is 5.69 Å². The maximum atomic E-state index is 6.60. The summed E-state index contributed by atoms with van der Waals surface area (Å²) in [5.41, 5.74) is 7.62. The molecular formula is C15H22N2. The van der Waals surface area contributed by atoms with Crippen LogP contribution in [0.3, 0.4) is 0 Å². The van der Waals surface area contributed by atoms with Crippen molar-refractivity contribution in [2.75, 3.05) is 11.4 Å². The molecule has 1 aliphatic carbocycles. The summed E-state index contributed by atoms with van der Waals surface area (Å²) < 4.78 is 0. The Bertz CT molecular complexity index is 352. The molecule has 2 nitrogen and oxygen atoms in total. The third-order valence-corrected chi connectivity index (χ3v) is 3.64. The second-order valence-corrected chi connectivity index (χ2v) is 4.90. The van der Waals surface area contributed by atoms with Gasteiger partial charge in [-0.2, -0.15) is 0 Å². The van der Waals surface area contributed by atoms with Crippen LogP contribution in [-0.2, 0) is 0 Å². The lowest BCUT2D eigenvalue weighted by atomic mass is 9.88. The first-order chi connectivity index (χ1) is 8.26. The molecule has 0 amide bonds.